The first-order valence-electron chi connectivity index (χ1n) is 5.16. The van der Waals surface area contributed by atoms with Gasteiger partial charge in [0.25, 0.3) is 0 Å². The Hall–Kier alpha value is -2.04. The van der Waals surface area contributed by atoms with E-state index in [0.717, 1.165) is 29.4 Å². The van der Waals surface area contributed by atoms with Crippen molar-refractivity contribution in [1.82, 2.24) is 14.8 Å². The quantitative estimate of drug-likeness (QED) is 0.768. The summed E-state index contributed by atoms with van der Waals surface area (Å²) in [6, 6.07) is 5.79. The van der Waals surface area contributed by atoms with Crippen LogP contribution in [0.25, 0.3) is 11.4 Å². The summed E-state index contributed by atoms with van der Waals surface area (Å²) in [5.41, 5.74) is 0.989. The van der Waals surface area contributed by atoms with Crippen molar-refractivity contribution in [2.24, 2.45) is 0 Å². The molecule has 0 atom stereocenters. The van der Waals surface area contributed by atoms with Crippen molar-refractivity contribution in [3.63, 3.8) is 0 Å². The van der Waals surface area contributed by atoms with E-state index in [1.54, 1.807) is 6.33 Å². The van der Waals surface area contributed by atoms with Gasteiger partial charge in [-0.15, -0.1) is 10.2 Å². The first-order chi connectivity index (χ1) is 7.88. The highest BCUT2D eigenvalue weighted by Crippen LogP contribution is 2.35. The molecule has 0 aliphatic carbocycles. The minimum Gasteiger partial charge on any atom is -0.454 e. The van der Waals surface area contributed by atoms with Gasteiger partial charge in [-0.1, -0.05) is 0 Å². The summed E-state index contributed by atoms with van der Waals surface area (Å²) in [6.07, 6.45) is 1.72. The molecule has 2 aromatic rings. The number of benzene rings is 1. The molecule has 1 aromatic heterocycles. The van der Waals surface area contributed by atoms with Gasteiger partial charge in [0.05, 0.1) is 0 Å². The number of hydrogen-bond donors (Lipinski definition) is 0. The summed E-state index contributed by atoms with van der Waals surface area (Å²) in [4.78, 5) is 0. The Labute approximate surface area is 92.6 Å². The van der Waals surface area contributed by atoms with Crippen molar-refractivity contribution < 1.29 is 9.47 Å². The average molecular weight is 217 g/mol. The standard InChI is InChI=1S/C11H11N3O2/c1-2-14-6-12-13-11(14)8-3-4-9-10(5-8)16-7-15-9/h3-6H,2,7H2,1H3. The predicted molar refractivity (Wildman–Crippen MR) is 57.3 cm³/mol. The molecule has 0 saturated heterocycles. The first kappa shape index (κ1) is 9.21. The Morgan fingerprint density at radius 2 is 2.19 bits per heavy atom. The van der Waals surface area contributed by atoms with E-state index in [2.05, 4.69) is 17.1 Å². The molecular formula is C11H11N3O2. The third-order valence-electron chi connectivity index (χ3n) is 2.59. The molecule has 16 heavy (non-hydrogen) atoms. The first-order valence-corrected chi connectivity index (χ1v) is 5.16. The Kier molecular flexibility index (Phi) is 2.02. The van der Waals surface area contributed by atoms with Crippen molar-refractivity contribution in [2.45, 2.75) is 13.5 Å². The molecule has 5 nitrogen and oxygen atoms in total. The number of aryl methyl sites for hydroxylation is 1. The van der Waals surface area contributed by atoms with Gasteiger partial charge in [-0.3, -0.25) is 0 Å². The minimum absolute atomic E-state index is 0.291. The molecule has 1 aliphatic heterocycles. The molecule has 1 aromatic carbocycles. The molecule has 3 rings (SSSR count). The summed E-state index contributed by atoms with van der Waals surface area (Å²) >= 11 is 0. The number of rotatable bonds is 2. The molecule has 0 unspecified atom stereocenters. The lowest BCUT2D eigenvalue weighted by Gasteiger charge is -2.03. The Morgan fingerprint density at radius 1 is 1.31 bits per heavy atom. The zero-order valence-corrected chi connectivity index (χ0v) is 8.88. The highest BCUT2D eigenvalue weighted by atomic mass is 16.7. The fraction of sp³-hybridized carbons (Fsp3) is 0.273. The van der Waals surface area contributed by atoms with Crippen molar-refractivity contribution in [3.05, 3.63) is 24.5 Å². The van der Waals surface area contributed by atoms with E-state index in [1.807, 2.05) is 22.8 Å². The fourth-order valence-electron chi connectivity index (χ4n) is 1.75. The number of aromatic nitrogens is 3. The second-order valence-electron chi connectivity index (χ2n) is 3.51. The molecule has 1 aliphatic rings. The molecular weight excluding hydrogens is 206 g/mol. The molecule has 0 amide bonds. The Bertz CT molecular complexity index is 522. The topological polar surface area (TPSA) is 49.2 Å². The Balaban J connectivity index is 2.07. The van der Waals surface area contributed by atoms with Crippen LogP contribution in [-0.2, 0) is 6.54 Å². The zero-order chi connectivity index (χ0) is 11.0. The SMILES string of the molecule is CCn1cnnc1-c1ccc2c(c1)OCO2. The van der Waals surface area contributed by atoms with Crippen LogP contribution in [0, 0.1) is 0 Å². The van der Waals surface area contributed by atoms with E-state index in [1.165, 1.54) is 0 Å². The van der Waals surface area contributed by atoms with E-state index in [0.29, 0.717) is 6.79 Å². The third kappa shape index (κ3) is 1.32. The number of fused-ring (bicyclic) bond motifs is 1. The smallest absolute Gasteiger partial charge is 0.231 e. The van der Waals surface area contributed by atoms with Crippen LogP contribution in [0.5, 0.6) is 11.5 Å². The summed E-state index contributed by atoms with van der Waals surface area (Å²) in [5.74, 6) is 2.40. The normalized spacial score (nSPS) is 13.1. The van der Waals surface area contributed by atoms with E-state index >= 15 is 0 Å². The predicted octanol–water partition coefficient (Wildman–Crippen LogP) is 1.69. The van der Waals surface area contributed by atoms with Gasteiger partial charge in [0.15, 0.2) is 17.3 Å². The van der Waals surface area contributed by atoms with Gasteiger partial charge in [-0.25, -0.2) is 0 Å². The van der Waals surface area contributed by atoms with Crippen molar-refractivity contribution in [1.29, 1.82) is 0 Å². The van der Waals surface area contributed by atoms with Gasteiger partial charge in [-0.05, 0) is 25.1 Å². The molecule has 5 heteroatoms. The highest BCUT2D eigenvalue weighted by molar-refractivity contribution is 5.61. The molecule has 0 saturated carbocycles. The number of ether oxygens (including phenoxy) is 2. The van der Waals surface area contributed by atoms with E-state index in [4.69, 9.17) is 9.47 Å². The summed E-state index contributed by atoms with van der Waals surface area (Å²) < 4.78 is 12.6. The van der Waals surface area contributed by atoms with Crippen molar-refractivity contribution in [2.75, 3.05) is 6.79 Å². The van der Waals surface area contributed by atoms with Crippen LogP contribution >= 0.6 is 0 Å². The second kappa shape index (κ2) is 3.52. The molecule has 0 spiro atoms. The highest BCUT2D eigenvalue weighted by Gasteiger charge is 2.15. The van der Waals surface area contributed by atoms with Crippen LogP contribution in [0.3, 0.4) is 0 Å². The average Bonchev–Trinajstić information content (AvgIpc) is 2.96. The third-order valence-corrected chi connectivity index (χ3v) is 2.59. The van der Waals surface area contributed by atoms with Gasteiger partial charge < -0.3 is 14.0 Å². The lowest BCUT2D eigenvalue weighted by molar-refractivity contribution is 0.174. The van der Waals surface area contributed by atoms with Crippen molar-refractivity contribution >= 4 is 0 Å². The van der Waals surface area contributed by atoms with Crippen LogP contribution in [0.2, 0.25) is 0 Å². The molecule has 2 heterocycles. The summed E-state index contributed by atoms with van der Waals surface area (Å²) in [7, 11) is 0. The minimum atomic E-state index is 0.291. The van der Waals surface area contributed by atoms with Crippen molar-refractivity contribution in [3.8, 4) is 22.9 Å². The van der Waals surface area contributed by atoms with Crippen LogP contribution in [0.15, 0.2) is 24.5 Å². The van der Waals surface area contributed by atoms with Crippen LogP contribution in [0.1, 0.15) is 6.92 Å². The monoisotopic (exact) mass is 217 g/mol. The fourth-order valence-corrected chi connectivity index (χ4v) is 1.75. The van der Waals surface area contributed by atoms with Crippen LogP contribution in [0.4, 0.5) is 0 Å². The van der Waals surface area contributed by atoms with Gasteiger partial charge in [0.2, 0.25) is 6.79 Å². The number of hydrogen-bond acceptors (Lipinski definition) is 4. The van der Waals surface area contributed by atoms with Gasteiger partial charge in [0, 0.05) is 12.1 Å². The number of nitrogens with zero attached hydrogens (tertiary/aromatic N) is 3. The molecule has 0 fully saturated rings. The van der Waals surface area contributed by atoms with Gasteiger partial charge in [-0.2, -0.15) is 0 Å². The molecule has 0 N–H and O–H groups in total. The van der Waals surface area contributed by atoms with Gasteiger partial charge in [0.1, 0.15) is 6.33 Å². The van der Waals surface area contributed by atoms with Crippen LogP contribution < -0.4 is 9.47 Å². The Morgan fingerprint density at radius 3 is 3.06 bits per heavy atom. The lowest BCUT2D eigenvalue weighted by atomic mass is 10.2. The molecule has 0 radical (unpaired) electrons. The molecule has 82 valence electrons. The molecule has 0 bridgehead atoms. The lowest BCUT2D eigenvalue weighted by Crippen LogP contribution is -1.95. The largest absolute Gasteiger partial charge is 0.454 e. The van der Waals surface area contributed by atoms with Crippen LogP contribution in [-0.4, -0.2) is 21.6 Å². The zero-order valence-electron chi connectivity index (χ0n) is 8.88. The van der Waals surface area contributed by atoms with Gasteiger partial charge >= 0.3 is 0 Å². The van der Waals surface area contributed by atoms with E-state index in [-0.39, 0.29) is 0 Å². The summed E-state index contributed by atoms with van der Waals surface area (Å²) in [6.45, 7) is 3.19. The maximum atomic E-state index is 5.33. The van der Waals surface area contributed by atoms with E-state index < -0.39 is 0 Å². The second-order valence-corrected chi connectivity index (χ2v) is 3.51. The maximum Gasteiger partial charge on any atom is 0.231 e. The van der Waals surface area contributed by atoms with E-state index in [9.17, 15) is 0 Å². The maximum absolute atomic E-state index is 5.33. The summed E-state index contributed by atoms with van der Waals surface area (Å²) in [5, 5.41) is 8.00.